The second-order valence-electron chi connectivity index (χ2n) is 8.36. The Balaban J connectivity index is 1.72. The minimum Gasteiger partial charge on any atom is -0.335 e. The molecule has 0 radical (unpaired) electrons. The predicted molar refractivity (Wildman–Crippen MR) is 114 cm³/mol. The first-order valence-electron chi connectivity index (χ1n) is 10.7. The molecule has 0 N–H and O–H groups in total. The van der Waals surface area contributed by atoms with Crippen molar-refractivity contribution in [3.05, 3.63) is 63.2 Å². The van der Waals surface area contributed by atoms with Gasteiger partial charge in [0.2, 0.25) is 0 Å². The molecule has 1 fully saturated rings. The first-order valence-corrected chi connectivity index (χ1v) is 10.7. The van der Waals surface area contributed by atoms with Crippen LogP contribution >= 0.6 is 0 Å². The average molecular weight is 432 g/mol. The number of likely N-dealkylation sites (tertiary alicyclic amines) is 1. The Kier molecular flexibility index (Phi) is 5.68. The highest BCUT2D eigenvalue weighted by Crippen LogP contribution is 2.32. The van der Waals surface area contributed by atoms with Gasteiger partial charge in [-0.1, -0.05) is 11.6 Å². The van der Waals surface area contributed by atoms with Gasteiger partial charge in [0.1, 0.15) is 5.69 Å². The minimum absolute atomic E-state index is 0.0440. The molecule has 0 aliphatic carbocycles. The summed E-state index contributed by atoms with van der Waals surface area (Å²) < 4.78 is 44.8. The van der Waals surface area contributed by atoms with Gasteiger partial charge in [0, 0.05) is 48.4 Å². The van der Waals surface area contributed by atoms with E-state index in [1.54, 1.807) is 18.2 Å². The van der Waals surface area contributed by atoms with Crippen LogP contribution in [0.2, 0.25) is 0 Å². The van der Waals surface area contributed by atoms with E-state index in [0.29, 0.717) is 17.4 Å². The molecule has 3 heterocycles. The molecule has 31 heavy (non-hydrogen) atoms. The Morgan fingerprint density at radius 3 is 2.65 bits per heavy atom. The maximum absolute atomic E-state index is 13.9. The van der Waals surface area contributed by atoms with E-state index in [9.17, 15) is 18.0 Å². The molecule has 1 aromatic carbocycles. The van der Waals surface area contributed by atoms with E-state index in [2.05, 4.69) is 10.00 Å². The van der Waals surface area contributed by atoms with E-state index in [4.69, 9.17) is 0 Å². The standard InChI is InChI=1S/C23H27F3N4O/c1-4-30-16(3)17(12-27-30)13-28-9-5-6-18(28)14-29-20-8-7-15(2)10-19(20)21(31)11-22(29)23(24,25)26/h7-8,10-12,18H,4-6,9,13-14H2,1-3H3. The molecule has 5 nitrogen and oxygen atoms in total. The number of halogens is 3. The van der Waals surface area contributed by atoms with Gasteiger partial charge in [-0.25, -0.2) is 0 Å². The van der Waals surface area contributed by atoms with Crippen molar-refractivity contribution in [3.8, 4) is 0 Å². The molecule has 1 aliphatic rings. The average Bonchev–Trinajstić information content (AvgIpc) is 3.29. The zero-order valence-corrected chi connectivity index (χ0v) is 18.0. The van der Waals surface area contributed by atoms with Crippen LogP contribution < -0.4 is 5.43 Å². The first kappa shape index (κ1) is 21.6. The number of fused-ring (bicyclic) bond motifs is 1. The molecule has 1 unspecified atom stereocenters. The molecule has 0 spiro atoms. The van der Waals surface area contributed by atoms with Gasteiger partial charge in [-0.2, -0.15) is 18.3 Å². The number of aryl methyl sites for hydroxylation is 2. The number of nitrogens with zero attached hydrogens (tertiary/aromatic N) is 4. The molecule has 1 atom stereocenters. The molecule has 8 heteroatoms. The molecular formula is C23H27F3N4O. The van der Waals surface area contributed by atoms with E-state index in [1.807, 2.05) is 31.6 Å². The van der Waals surface area contributed by atoms with Gasteiger partial charge < -0.3 is 4.57 Å². The molecular weight excluding hydrogens is 405 g/mol. The summed E-state index contributed by atoms with van der Waals surface area (Å²) in [7, 11) is 0. The second kappa shape index (κ2) is 8.15. The van der Waals surface area contributed by atoms with Crippen LogP contribution in [0.5, 0.6) is 0 Å². The quantitative estimate of drug-likeness (QED) is 0.596. The van der Waals surface area contributed by atoms with Crippen LogP contribution in [0.4, 0.5) is 13.2 Å². The van der Waals surface area contributed by atoms with Crippen molar-refractivity contribution >= 4 is 10.9 Å². The number of hydrogen-bond donors (Lipinski definition) is 0. The minimum atomic E-state index is -4.60. The van der Waals surface area contributed by atoms with E-state index < -0.39 is 17.3 Å². The zero-order valence-electron chi connectivity index (χ0n) is 18.0. The van der Waals surface area contributed by atoms with Gasteiger partial charge in [-0.15, -0.1) is 0 Å². The third-order valence-corrected chi connectivity index (χ3v) is 6.33. The molecule has 166 valence electrons. The zero-order chi connectivity index (χ0) is 22.3. The van der Waals surface area contributed by atoms with Gasteiger partial charge in [0.05, 0.1) is 11.7 Å². The Morgan fingerprint density at radius 1 is 1.19 bits per heavy atom. The third-order valence-electron chi connectivity index (χ3n) is 6.33. The maximum atomic E-state index is 13.9. The Bertz CT molecular complexity index is 1160. The van der Waals surface area contributed by atoms with Gasteiger partial charge in [-0.3, -0.25) is 14.4 Å². The van der Waals surface area contributed by atoms with E-state index >= 15 is 0 Å². The molecule has 4 rings (SSSR count). The number of benzene rings is 1. The summed E-state index contributed by atoms with van der Waals surface area (Å²) in [6.45, 7) is 8.36. The molecule has 3 aromatic rings. The van der Waals surface area contributed by atoms with Crippen LogP contribution in [0.15, 0.2) is 35.3 Å². The fourth-order valence-electron chi connectivity index (χ4n) is 4.62. The Hall–Kier alpha value is -2.61. The Morgan fingerprint density at radius 2 is 1.97 bits per heavy atom. The lowest BCUT2D eigenvalue weighted by Crippen LogP contribution is -2.35. The smallest absolute Gasteiger partial charge is 0.335 e. The van der Waals surface area contributed by atoms with Gasteiger partial charge in [-0.05, 0) is 52.3 Å². The summed E-state index contributed by atoms with van der Waals surface area (Å²) in [5.74, 6) is 0. The van der Waals surface area contributed by atoms with Crippen molar-refractivity contribution in [2.24, 2.45) is 0 Å². The normalized spacial score (nSPS) is 17.7. The lowest BCUT2D eigenvalue weighted by molar-refractivity contribution is -0.144. The van der Waals surface area contributed by atoms with Crippen molar-refractivity contribution < 1.29 is 13.2 Å². The molecule has 1 aliphatic heterocycles. The molecule has 0 amide bonds. The highest BCUT2D eigenvalue weighted by Gasteiger charge is 2.36. The summed E-state index contributed by atoms with van der Waals surface area (Å²) in [5.41, 5.74) is 1.91. The van der Waals surface area contributed by atoms with E-state index in [1.165, 1.54) is 4.57 Å². The molecule has 0 saturated carbocycles. The fourth-order valence-corrected chi connectivity index (χ4v) is 4.62. The van der Waals surface area contributed by atoms with E-state index in [0.717, 1.165) is 48.8 Å². The number of rotatable bonds is 5. The predicted octanol–water partition coefficient (Wildman–Crippen LogP) is 4.52. The monoisotopic (exact) mass is 432 g/mol. The van der Waals surface area contributed by atoms with Crippen LogP contribution in [-0.4, -0.2) is 31.8 Å². The van der Waals surface area contributed by atoms with Gasteiger partial charge in [0.25, 0.3) is 0 Å². The van der Waals surface area contributed by atoms with Crippen molar-refractivity contribution in [2.45, 2.75) is 65.5 Å². The molecule has 0 bridgehead atoms. The number of alkyl halides is 3. The second-order valence-corrected chi connectivity index (χ2v) is 8.36. The fraction of sp³-hybridized carbons (Fsp3) is 0.478. The van der Waals surface area contributed by atoms with Crippen LogP contribution in [0.1, 0.15) is 42.3 Å². The lowest BCUT2D eigenvalue weighted by atomic mass is 10.1. The number of pyridine rings is 1. The van der Waals surface area contributed by atoms with Crippen LogP contribution in [0, 0.1) is 13.8 Å². The highest BCUT2D eigenvalue weighted by molar-refractivity contribution is 5.80. The topological polar surface area (TPSA) is 43.1 Å². The van der Waals surface area contributed by atoms with Crippen LogP contribution in [0.25, 0.3) is 10.9 Å². The molecule has 2 aromatic heterocycles. The Labute approximate surface area is 179 Å². The SMILES string of the molecule is CCn1ncc(CN2CCCC2Cn2c(C(F)(F)F)cc(=O)c3cc(C)ccc32)c1C. The summed E-state index contributed by atoms with van der Waals surface area (Å²) >= 11 is 0. The summed E-state index contributed by atoms with van der Waals surface area (Å²) in [6.07, 6.45) is -0.991. The van der Waals surface area contributed by atoms with Crippen molar-refractivity contribution in [3.63, 3.8) is 0 Å². The van der Waals surface area contributed by atoms with Crippen LogP contribution in [0.3, 0.4) is 0 Å². The van der Waals surface area contributed by atoms with E-state index in [-0.39, 0.29) is 12.6 Å². The first-order chi connectivity index (χ1) is 14.7. The summed E-state index contributed by atoms with van der Waals surface area (Å²) in [4.78, 5) is 14.7. The largest absolute Gasteiger partial charge is 0.431 e. The number of hydrogen-bond acceptors (Lipinski definition) is 3. The van der Waals surface area contributed by atoms with Gasteiger partial charge in [0.15, 0.2) is 5.43 Å². The summed E-state index contributed by atoms with van der Waals surface area (Å²) in [5, 5.41) is 4.72. The highest BCUT2D eigenvalue weighted by atomic mass is 19.4. The molecule has 1 saturated heterocycles. The maximum Gasteiger partial charge on any atom is 0.431 e. The van der Waals surface area contributed by atoms with Crippen molar-refractivity contribution in [1.82, 2.24) is 19.2 Å². The van der Waals surface area contributed by atoms with Gasteiger partial charge >= 0.3 is 6.18 Å². The third kappa shape index (κ3) is 4.13. The summed E-state index contributed by atoms with van der Waals surface area (Å²) in [6, 6.07) is 5.76. The lowest BCUT2D eigenvalue weighted by Gasteiger charge is -2.28. The van der Waals surface area contributed by atoms with Crippen LogP contribution in [-0.2, 0) is 25.8 Å². The van der Waals surface area contributed by atoms with Crippen molar-refractivity contribution in [1.29, 1.82) is 0 Å². The number of aromatic nitrogens is 3. The van der Waals surface area contributed by atoms with Crippen molar-refractivity contribution in [2.75, 3.05) is 6.54 Å².